The number of hydrogen-bond donors (Lipinski definition) is 1. The van der Waals surface area contributed by atoms with Crippen molar-refractivity contribution in [2.75, 3.05) is 6.54 Å². The molecule has 1 aliphatic carbocycles. The average molecular weight is 364 g/mol. The number of nitrogens with zero attached hydrogens (tertiary/aromatic N) is 3. The molecule has 27 heavy (non-hydrogen) atoms. The highest BCUT2D eigenvalue weighted by Gasteiger charge is 2.32. The van der Waals surface area contributed by atoms with Gasteiger partial charge in [0.25, 0.3) is 5.91 Å². The van der Waals surface area contributed by atoms with Gasteiger partial charge >= 0.3 is 0 Å². The molecule has 3 aromatic rings. The predicted octanol–water partition coefficient (Wildman–Crippen LogP) is 4.29. The number of aryl methyl sites for hydroxylation is 1. The van der Waals surface area contributed by atoms with Crippen LogP contribution in [-0.4, -0.2) is 26.8 Å². The Morgan fingerprint density at radius 2 is 2.00 bits per heavy atom. The van der Waals surface area contributed by atoms with E-state index in [0.717, 1.165) is 13.0 Å². The number of nitrogens with one attached hydrogen (secondary N) is 1. The van der Waals surface area contributed by atoms with E-state index in [1.165, 1.54) is 29.4 Å². The number of amides is 1. The van der Waals surface area contributed by atoms with E-state index in [2.05, 4.69) is 72.3 Å². The van der Waals surface area contributed by atoms with E-state index < -0.39 is 0 Å². The SMILES string of the molecule is CC(C)(C)n1nc(C(=O)NCCCn2ccc3ccccc32)cc1C1CC1. The van der Waals surface area contributed by atoms with Crippen molar-refractivity contribution in [2.45, 2.75) is 58.0 Å². The van der Waals surface area contributed by atoms with E-state index in [0.29, 0.717) is 18.2 Å². The first-order valence-corrected chi connectivity index (χ1v) is 9.86. The summed E-state index contributed by atoms with van der Waals surface area (Å²) in [6.45, 7) is 7.93. The second kappa shape index (κ2) is 6.87. The van der Waals surface area contributed by atoms with Crippen molar-refractivity contribution in [2.24, 2.45) is 0 Å². The summed E-state index contributed by atoms with van der Waals surface area (Å²) in [5.41, 5.74) is 2.87. The minimum Gasteiger partial charge on any atom is -0.351 e. The molecule has 2 heterocycles. The molecule has 5 heteroatoms. The quantitative estimate of drug-likeness (QED) is 0.663. The molecule has 4 rings (SSSR count). The van der Waals surface area contributed by atoms with E-state index in [9.17, 15) is 4.79 Å². The van der Waals surface area contributed by atoms with Crippen molar-refractivity contribution >= 4 is 16.8 Å². The number of para-hydroxylation sites is 1. The molecule has 1 fully saturated rings. The van der Waals surface area contributed by atoms with Gasteiger partial charge in [0.15, 0.2) is 0 Å². The van der Waals surface area contributed by atoms with Crippen LogP contribution in [0.15, 0.2) is 42.6 Å². The minimum atomic E-state index is -0.105. The molecule has 1 N–H and O–H groups in total. The van der Waals surface area contributed by atoms with E-state index in [4.69, 9.17) is 0 Å². The van der Waals surface area contributed by atoms with Crippen LogP contribution >= 0.6 is 0 Å². The molecule has 1 aromatic carbocycles. The highest BCUT2D eigenvalue weighted by Crippen LogP contribution is 2.41. The molecule has 5 nitrogen and oxygen atoms in total. The first kappa shape index (κ1) is 17.8. The lowest BCUT2D eigenvalue weighted by Crippen LogP contribution is -2.28. The smallest absolute Gasteiger partial charge is 0.271 e. The highest BCUT2D eigenvalue weighted by molar-refractivity contribution is 5.92. The normalized spacial score (nSPS) is 14.6. The third-order valence-corrected chi connectivity index (χ3v) is 5.14. The Morgan fingerprint density at radius 1 is 1.22 bits per heavy atom. The Morgan fingerprint density at radius 3 is 2.74 bits per heavy atom. The maximum atomic E-state index is 12.6. The van der Waals surface area contributed by atoms with Crippen molar-refractivity contribution in [3.8, 4) is 0 Å². The molecular weight excluding hydrogens is 336 g/mol. The van der Waals surface area contributed by atoms with Crippen LogP contribution in [-0.2, 0) is 12.1 Å². The van der Waals surface area contributed by atoms with Gasteiger partial charge in [0, 0.05) is 36.4 Å². The molecule has 0 atom stereocenters. The number of carbonyl (C=O) groups is 1. The lowest BCUT2D eigenvalue weighted by Gasteiger charge is -2.22. The van der Waals surface area contributed by atoms with Crippen LogP contribution in [0.2, 0.25) is 0 Å². The topological polar surface area (TPSA) is 51.9 Å². The summed E-state index contributed by atoms with van der Waals surface area (Å²) in [4.78, 5) is 12.6. The first-order chi connectivity index (χ1) is 12.9. The second-order valence-electron chi connectivity index (χ2n) is 8.49. The summed E-state index contributed by atoms with van der Waals surface area (Å²) in [6, 6.07) is 12.5. The molecule has 1 saturated carbocycles. The van der Waals surface area contributed by atoms with Gasteiger partial charge in [-0.1, -0.05) is 18.2 Å². The third-order valence-electron chi connectivity index (χ3n) is 5.14. The number of benzene rings is 1. The highest BCUT2D eigenvalue weighted by atomic mass is 16.1. The number of rotatable bonds is 6. The van der Waals surface area contributed by atoms with Gasteiger partial charge in [-0.3, -0.25) is 9.48 Å². The first-order valence-electron chi connectivity index (χ1n) is 9.86. The zero-order chi connectivity index (χ0) is 19.0. The summed E-state index contributed by atoms with van der Waals surface area (Å²) >= 11 is 0. The zero-order valence-electron chi connectivity index (χ0n) is 16.4. The fourth-order valence-corrected chi connectivity index (χ4v) is 3.59. The van der Waals surface area contributed by atoms with Crippen molar-refractivity contribution in [3.63, 3.8) is 0 Å². The van der Waals surface area contributed by atoms with E-state index in [1.54, 1.807) is 0 Å². The Hall–Kier alpha value is -2.56. The largest absolute Gasteiger partial charge is 0.351 e. The maximum absolute atomic E-state index is 12.6. The van der Waals surface area contributed by atoms with Gasteiger partial charge in [-0.15, -0.1) is 0 Å². The molecule has 0 bridgehead atoms. The molecular formula is C22H28N4O. The fourth-order valence-electron chi connectivity index (χ4n) is 3.59. The minimum absolute atomic E-state index is 0.0720. The molecule has 1 aliphatic rings. The van der Waals surface area contributed by atoms with Crippen LogP contribution in [0.1, 0.15) is 62.1 Å². The van der Waals surface area contributed by atoms with Gasteiger partial charge in [0.1, 0.15) is 5.69 Å². The lowest BCUT2D eigenvalue weighted by molar-refractivity contribution is 0.0946. The summed E-state index contributed by atoms with van der Waals surface area (Å²) in [6.07, 6.45) is 5.40. The number of hydrogen-bond acceptors (Lipinski definition) is 2. The molecule has 2 aromatic heterocycles. The summed E-state index contributed by atoms with van der Waals surface area (Å²) < 4.78 is 4.27. The molecule has 0 aliphatic heterocycles. The molecule has 0 radical (unpaired) electrons. The van der Waals surface area contributed by atoms with Gasteiger partial charge in [0.05, 0.1) is 5.54 Å². The Kier molecular flexibility index (Phi) is 4.54. The Labute approximate surface area is 160 Å². The predicted molar refractivity (Wildman–Crippen MR) is 108 cm³/mol. The second-order valence-corrected chi connectivity index (χ2v) is 8.49. The monoisotopic (exact) mass is 364 g/mol. The van der Waals surface area contributed by atoms with Crippen LogP contribution in [0.25, 0.3) is 10.9 Å². The van der Waals surface area contributed by atoms with Gasteiger partial charge in [-0.2, -0.15) is 5.10 Å². The number of carbonyl (C=O) groups excluding carboxylic acids is 1. The van der Waals surface area contributed by atoms with Crippen LogP contribution in [0.4, 0.5) is 0 Å². The lowest BCUT2D eigenvalue weighted by atomic mass is 10.1. The summed E-state index contributed by atoms with van der Waals surface area (Å²) in [5, 5.41) is 8.90. The molecule has 0 spiro atoms. The van der Waals surface area contributed by atoms with Crippen molar-refractivity contribution < 1.29 is 4.79 Å². The Bertz CT molecular complexity index is 956. The van der Waals surface area contributed by atoms with Crippen LogP contribution in [0.5, 0.6) is 0 Å². The molecule has 0 unspecified atom stereocenters. The number of fused-ring (bicyclic) bond motifs is 1. The van der Waals surface area contributed by atoms with Crippen molar-refractivity contribution in [1.29, 1.82) is 0 Å². The van der Waals surface area contributed by atoms with Gasteiger partial charge in [-0.25, -0.2) is 0 Å². The van der Waals surface area contributed by atoms with Crippen LogP contribution in [0.3, 0.4) is 0 Å². The molecule has 0 saturated heterocycles. The molecule has 142 valence electrons. The van der Waals surface area contributed by atoms with Gasteiger partial charge in [0.2, 0.25) is 0 Å². The van der Waals surface area contributed by atoms with E-state index >= 15 is 0 Å². The standard InChI is InChI=1S/C22H28N4O/c1-22(2,3)26-20(17-9-10-17)15-18(24-26)21(27)23-12-6-13-25-14-11-16-7-4-5-8-19(16)25/h4-5,7-8,11,14-15,17H,6,9-10,12-13H2,1-3H3,(H,23,27). The third kappa shape index (κ3) is 3.77. The average Bonchev–Trinajstić information content (AvgIpc) is 3.24. The Balaban J connectivity index is 1.36. The maximum Gasteiger partial charge on any atom is 0.271 e. The summed E-state index contributed by atoms with van der Waals surface area (Å²) in [5.74, 6) is 0.498. The van der Waals surface area contributed by atoms with E-state index in [-0.39, 0.29) is 11.4 Å². The zero-order valence-corrected chi connectivity index (χ0v) is 16.4. The van der Waals surface area contributed by atoms with Crippen molar-refractivity contribution in [3.05, 3.63) is 54.0 Å². The number of aromatic nitrogens is 3. The summed E-state index contributed by atoms with van der Waals surface area (Å²) in [7, 11) is 0. The molecule has 1 amide bonds. The van der Waals surface area contributed by atoms with E-state index in [1.807, 2.05) is 10.7 Å². The van der Waals surface area contributed by atoms with Crippen LogP contribution in [0, 0.1) is 0 Å². The van der Waals surface area contributed by atoms with Gasteiger partial charge in [-0.05, 0) is 63.6 Å². The van der Waals surface area contributed by atoms with Crippen molar-refractivity contribution in [1.82, 2.24) is 19.7 Å². The van der Waals surface area contributed by atoms with Gasteiger partial charge < -0.3 is 9.88 Å². The van der Waals surface area contributed by atoms with Crippen LogP contribution < -0.4 is 5.32 Å². The fraction of sp³-hybridized carbons (Fsp3) is 0.455.